The van der Waals surface area contributed by atoms with Crippen LogP contribution in [0.5, 0.6) is 0 Å². The van der Waals surface area contributed by atoms with Gasteiger partial charge in [-0.25, -0.2) is 4.98 Å². The number of ether oxygens (including phenoxy) is 1. The van der Waals surface area contributed by atoms with Gasteiger partial charge in [-0.05, 0) is 12.8 Å². The fourth-order valence-corrected chi connectivity index (χ4v) is 3.11. The molecule has 1 saturated heterocycles. The minimum Gasteiger partial charge on any atom is -0.379 e. The van der Waals surface area contributed by atoms with Crippen molar-refractivity contribution in [1.29, 1.82) is 0 Å². The number of fused-ring (bicyclic) bond motifs is 1. The molecule has 1 atom stereocenters. The smallest absolute Gasteiger partial charge is 0.157 e. The van der Waals surface area contributed by atoms with E-state index in [1.54, 1.807) is 0 Å². The highest BCUT2D eigenvalue weighted by Crippen LogP contribution is 2.21. The van der Waals surface area contributed by atoms with Crippen molar-refractivity contribution < 1.29 is 4.74 Å². The van der Waals surface area contributed by atoms with E-state index in [0.717, 1.165) is 50.0 Å². The second kappa shape index (κ2) is 6.84. The summed E-state index contributed by atoms with van der Waals surface area (Å²) in [7, 11) is 2.14. The third-order valence-corrected chi connectivity index (χ3v) is 4.55. The fourth-order valence-electron chi connectivity index (χ4n) is 3.11. The van der Waals surface area contributed by atoms with Crippen LogP contribution in [0.1, 0.15) is 32.4 Å². The molecule has 0 aliphatic carbocycles. The Balaban J connectivity index is 1.81. The number of nitrogens with zero attached hydrogens (tertiary/aromatic N) is 5. The van der Waals surface area contributed by atoms with Gasteiger partial charge < -0.3 is 9.64 Å². The predicted molar refractivity (Wildman–Crippen MR) is 92.2 cm³/mol. The van der Waals surface area contributed by atoms with Crippen molar-refractivity contribution >= 4 is 11.5 Å². The molecule has 126 valence electrons. The number of anilines is 1. The molecule has 0 N–H and O–H groups in total. The second-order valence-electron chi connectivity index (χ2n) is 6.67. The van der Waals surface area contributed by atoms with Crippen molar-refractivity contribution in [3.8, 4) is 0 Å². The fraction of sp³-hybridized carbons (Fsp3) is 0.647. The standard InChI is InChI=1S/C17H27N5O/c1-13(2)15-11-17(22-16(19-15)5-6-18-22)20(4)12-14(3)21-7-9-23-10-8-21/h5-6,11,13-14H,7-10,12H2,1-4H3/t14-/m0/s1. The van der Waals surface area contributed by atoms with Crippen molar-refractivity contribution in [2.24, 2.45) is 0 Å². The van der Waals surface area contributed by atoms with Crippen LogP contribution in [0.15, 0.2) is 18.3 Å². The summed E-state index contributed by atoms with van der Waals surface area (Å²) in [6.07, 6.45) is 1.81. The molecule has 3 heterocycles. The van der Waals surface area contributed by atoms with Crippen LogP contribution in [0.4, 0.5) is 5.82 Å². The largest absolute Gasteiger partial charge is 0.379 e. The average Bonchev–Trinajstić information content (AvgIpc) is 3.03. The van der Waals surface area contributed by atoms with E-state index >= 15 is 0 Å². The molecule has 0 radical (unpaired) electrons. The Morgan fingerprint density at radius 3 is 2.70 bits per heavy atom. The number of hydrogen-bond donors (Lipinski definition) is 0. The summed E-state index contributed by atoms with van der Waals surface area (Å²) in [4.78, 5) is 9.47. The first-order chi connectivity index (χ1) is 11.1. The highest BCUT2D eigenvalue weighted by atomic mass is 16.5. The van der Waals surface area contributed by atoms with Gasteiger partial charge in [0.05, 0.1) is 19.4 Å². The van der Waals surface area contributed by atoms with Gasteiger partial charge in [-0.2, -0.15) is 9.61 Å². The average molecular weight is 317 g/mol. The van der Waals surface area contributed by atoms with Crippen LogP contribution < -0.4 is 4.90 Å². The van der Waals surface area contributed by atoms with Crippen molar-refractivity contribution in [3.05, 3.63) is 24.0 Å². The quantitative estimate of drug-likeness (QED) is 0.844. The minimum atomic E-state index is 0.402. The highest BCUT2D eigenvalue weighted by Gasteiger charge is 2.20. The monoisotopic (exact) mass is 317 g/mol. The van der Waals surface area contributed by atoms with Crippen molar-refractivity contribution in [2.75, 3.05) is 44.8 Å². The van der Waals surface area contributed by atoms with E-state index in [9.17, 15) is 0 Å². The van der Waals surface area contributed by atoms with Crippen LogP contribution in [-0.4, -0.2) is 65.4 Å². The van der Waals surface area contributed by atoms with Gasteiger partial charge in [-0.15, -0.1) is 0 Å². The first kappa shape index (κ1) is 16.2. The molecular formula is C17H27N5O. The van der Waals surface area contributed by atoms with Crippen LogP contribution in [0, 0.1) is 0 Å². The summed E-state index contributed by atoms with van der Waals surface area (Å²) >= 11 is 0. The molecule has 3 rings (SSSR count). The number of morpholine rings is 1. The molecule has 0 amide bonds. The normalized spacial score (nSPS) is 17.8. The number of aromatic nitrogens is 3. The SMILES string of the molecule is CC(C)c1cc(N(C)C[C@H](C)N2CCOCC2)n2nccc2n1. The Labute approximate surface area is 138 Å². The molecule has 2 aromatic heterocycles. The highest BCUT2D eigenvalue weighted by molar-refractivity contribution is 5.51. The van der Waals surface area contributed by atoms with E-state index in [-0.39, 0.29) is 0 Å². The molecule has 1 fully saturated rings. The first-order valence-electron chi connectivity index (χ1n) is 8.44. The third kappa shape index (κ3) is 3.48. The summed E-state index contributed by atoms with van der Waals surface area (Å²) in [5, 5.41) is 4.44. The van der Waals surface area contributed by atoms with Gasteiger partial charge in [0.2, 0.25) is 0 Å². The molecule has 6 nitrogen and oxygen atoms in total. The van der Waals surface area contributed by atoms with E-state index < -0.39 is 0 Å². The number of rotatable bonds is 5. The van der Waals surface area contributed by atoms with Gasteiger partial charge in [0.25, 0.3) is 0 Å². The molecule has 0 aromatic carbocycles. The summed E-state index contributed by atoms with van der Waals surface area (Å²) in [5.74, 6) is 1.50. The lowest BCUT2D eigenvalue weighted by atomic mass is 10.1. The van der Waals surface area contributed by atoms with Crippen molar-refractivity contribution in [2.45, 2.75) is 32.7 Å². The molecule has 1 aliphatic rings. The van der Waals surface area contributed by atoms with Gasteiger partial charge in [-0.3, -0.25) is 4.90 Å². The first-order valence-corrected chi connectivity index (χ1v) is 8.44. The predicted octanol–water partition coefficient (Wildman–Crippen LogP) is 2.01. The third-order valence-electron chi connectivity index (χ3n) is 4.55. The summed E-state index contributed by atoms with van der Waals surface area (Å²) in [5.41, 5.74) is 2.02. The molecule has 0 spiro atoms. The lowest BCUT2D eigenvalue weighted by Gasteiger charge is -2.35. The van der Waals surface area contributed by atoms with Crippen LogP contribution in [0.3, 0.4) is 0 Å². The Morgan fingerprint density at radius 2 is 2.00 bits per heavy atom. The Hall–Kier alpha value is -1.66. The van der Waals surface area contributed by atoms with E-state index in [4.69, 9.17) is 9.72 Å². The topological polar surface area (TPSA) is 45.9 Å². The maximum atomic E-state index is 5.45. The minimum absolute atomic E-state index is 0.402. The lowest BCUT2D eigenvalue weighted by molar-refractivity contribution is 0.0217. The van der Waals surface area contributed by atoms with Gasteiger partial charge in [-0.1, -0.05) is 13.8 Å². The zero-order chi connectivity index (χ0) is 16.4. The molecule has 0 saturated carbocycles. The molecule has 23 heavy (non-hydrogen) atoms. The molecule has 1 aliphatic heterocycles. The lowest BCUT2D eigenvalue weighted by Crippen LogP contribution is -2.47. The Kier molecular flexibility index (Phi) is 4.82. The van der Waals surface area contributed by atoms with E-state index in [1.807, 2.05) is 16.8 Å². The van der Waals surface area contributed by atoms with E-state index in [0.29, 0.717) is 12.0 Å². The zero-order valence-corrected chi connectivity index (χ0v) is 14.6. The van der Waals surface area contributed by atoms with Crippen LogP contribution in [-0.2, 0) is 4.74 Å². The van der Waals surface area contributed by atoms with Crippen LogP contribution >= 0.6 is 0 Å². The van der Waals surface area contributed by atoms with Gasteiger partial charge in [0.15, 0.2) is 5.65 Å². The maximum absolute atomic E-state index is 5.45. The van der Waals surface area contributed by atoms with Gasteiger partial charge >= 0.3 is 0 Å². The van der Waals surface area contributed by atoms with Gasteiger partial charge in [0, 0.05) is 50.6 Å². The number of hydrogen-bond acceptors (Lipinski definition) is 5. The van der Waals surface area contributed by atoms with E-state index in [2.05, 4.69) is 48.8 Å². The summed E-state index contributed by atoms with van der Waals surface area (Å²) < 4.78 is 7.38. The Morgan fingerprint density at radius 1 is 1.26 bits per heavy atom. The molecule has 0 unspecified atom stereocenters. The van der Waals surface area contributed by atoms with Crippen molar-refractivity contribution in [3.63, 3.8) is 0 Å². The molecule has 2 aromatic rings. The van der Waals surface area contributed by atoms with Gasteiger partial charge in [0.1, 0.15) is 5.82 Å². The summed E-state index contributed by atoms with van der Waals surface area (Å²) in [6, 6.07) is 4.61. The Bertz CT molecular complexity index is 647. The van der Waals surface area contributed by atoms with Crippen molar-refractivity contribution in [1.82, 2.24) is 19.5 Å². The van der Waals surface area contributed by atoms with E-state index in [1.165, 1.54) is 0 Å². The molecule has 6 heteroatoms. The van der Waals surface area contributed by atoms with Crippen LogP contribution in [0.25, 0.3) is 5.65 Å². The molecule has 0 bridgehead atoms. The molecular weight excluding hydrogens is 290 g/mol. The second-order valence-corrected chi connectivity index (χ2v) is 6.67. The number of likely N-dealkylation sites (N-methyl/N-ethyl adjacent to an activating group) is 1. The summed E-state index contributed by atoms with van der Waals surface area (Å²) in [6.45, 7) is 11.3. The zero-order valence-electron chi connectivity index (χ0n) is 14.6. The maximum Gasteiger partial charge on any atom is 0.157 e. The van der Waals surface area contributed by atoms with Crippen LogP contribution in [0.2, 0.25) is 0 Å².